The first-order chi connectivity index (χ1) is 11.1. The third kappa shape index (κ3) is 5.08. The topological polar surface area (TPSA) is 85.2 Å². The van der Waals surface area contributed by atoms with Crippen LogP contribution in [0.5, 0.6) is 0 Å². The van der Waals surface area contributed by atoms with E-state index in [9.17, 15) is 9.59 Å². The van der Waals surface area contributed by atoms with Gasteiger partial charge in [0.15, 0.2) is 0 Å². The molecular weight excluding hydrogens is 292 g/mol. The zero-order valence-electron chi connectivity index (χ0n) is 13.3. The smallest absolute Gasteiger partial charge is 0.225 e. The number of hydrogen-bond acceptors (Lipinski definition) is 4. The van der Waals surface area contributed by atoms with Gasteiger partial charge in [-0.25, -0.2) is 0 Å². The third-order valence-corrected chi connectivity index (χ3v) is 4.16. The lowest BCUT2D eigenvalue weighted by molar-refractivity contribution is -0.126. The van der Waals surface area contributed by atoms with Gasteiger partial charge in [-0.1, -0.05) is 0 Å². The van der Waals surface area contributed by atoms with E-state index in [1.165, 1.54) is 0 Å². The Balaban J connectivity index is 1.71. The average molecular weight is 314 g/mol. The highest BCUT2D eigenvalue weighted by Crippen LogP contribution is 2.17. The molecule has 23 heavy (non-hydrogen) atoms. The van der Waals surface area contributed by atoms with E-state index in [2.05, 4.69) is 15.5 Å². The van der Waals surface area contributed by atoms with Gasteiger partial charge in [0.25, 0.3) is 0 Å². The van der Waals surface area contributed by atoms with Crippen LogP contribution >= 0.6 is 0 Å². The van der Waals surface area contributed by atoms with E-state index in [4.69, 9.17) is 5.26 Å². The summed E-state index contributed by atoms with van der Waals surface area (Å²) in [6, 6.07) is 8.86. The van der Waals surface area contributed by atoms with Gasteiger partial charge in [-0.05, 0) is 50.2 Å². The number of amides is 2. The molecule has 1 saturated heterocycles. The van der Waals surface area contributed by atoms with Crippen LogP contribution in [0.15, 0.2) is 24.3 Å². The quantitative estimate of drug-likeness (QED) is 0.859. The Kier molecular flexibility index (Phi) is 6.12. The van der Waals surface area contributed by atoms with E-state index in [1.54, 1.807) is 31.3 Å². The van der Waals surface area contributed by atoms with Crippen molar-refractivity contribution in [1.29, 1.82) is 5.26 Å². The summed E-state index contributed by atoms with van der Waals surface area (Å²) in [5.74, 6) is 0.176. The van der Waals surface area contributed by atoms with Crippen LogP contribution in [0.4, 0.5) is 5.69 Å². The molecule has 0 radical (unpaired) electrons. The Hall–Kier alpha value is -2.39. The Morgan fingerprint density at radius 3 is 2.48 bits per heavy atom. The molecule has 0 aromatic heterocycles. The molecule has 2 N–H and O–H groups in total. The van der Waals surface area contributed by atoms with Gasteiger partial charge in [-0.15, -0.1) is 0 Å². The number of nitriles is 1. The molecule has 2 rings (SSSR count). The van der Waals surface area contributed by atoms with Gasteiger partial charge in [0.1, 0.15) is 0 Å². The lowest BCUT2D eigenvalue weighted by Crippen LogP contribution is -2.40. The summed E-state index contributed by atoms with van der Waals surface area (Å²) >= 11 is 0. The molecule has 0 bridgehead atoms. The summed E-state index contributed by atoms with van der Waals surface area (Å²) in [4.78, 5) is 25.8. The van der Waals surface area contributed by atoms with Crippen LogP contribution in [-0.4, -0.2) is 43.4 Å². The normalized spacial score (nSPS) is 15.7. The Morgan fingerprint density at radius 1 is 1.26 bits per heavy atom. The second-order valence-corrected chi connectivity index (χ2v) is 5.72. The Bertz CT molecular complexity index is 584. The molecule has 0 spiro atoms. The Labute approximate surface area is 136 Å². The maximum absolute atomic E-state index is 12.0. The summed E-state index contributed by atoms with van der Waals surface area (Å²) in [6.45, 7) is 2.40. The van der Waals surface area contributed by atoms with Crippen molar-refractivity contribution in [3.8, 4) is 6.07 Å². The largest absolute Gasteiger partial charge is 0.359 e. The van der Waals surface area contributed by atoms with Gasteiger partial charge in [0.05, 0.1) is 11.6 Å². The van der Waals surface area contributed by atoms with Crippen LogP contribution in [0.1, 0.15) is 24.8 Å². The summed E-state index contributed by atoms with van der Waals surface area (Å²) in [5.41, 5.74) is 1.27. The average Bonchev–Trinajstić information content (AvgIpc) is 2.60. The molecule has 122 valence electrons. The molecule has 2 amide bonds. The fraction of sp³-hybridized carbons (Fsp3) is 0.471. The predicted molar refractivity (Wildman–Crippen MR) is 87.6 cm³/mol. The maximum atomic E-state index is 12.0. The molecule has 1 fully saturated rings. The number of benzene rings is 1. The first-order valence-corrected chi connectivity index (χ1v) is 7.86. The monoisotopic (exact) mass is 314 g/mol. The minimum atomic E-state index is -0.0388. The van der Waals surface area contributed by atoms with Crippen molar-refractivity contribution in [1.82, 2.24) is 10.2 Å². The lowest BCUT2D eigenvalue weighted by Gasteiger charge is -2.30. The lowest BCUT2D eigenvalue weighted by atomic mass is 9.96. The predicted octanol–water partition coefficient (Wildman–Crippen LogP) is 1.34. The molecule has 6 nitrogen and oxygen atoms in total. The van der Waals surface area contributed by atoms with Crippen molar-refractivity contribution in [2.45, 2.75) is 19.3 Å². The van der Waals surface area contributed by atoms with Crippen LogP contribution in [0, 0.1) is 17.2 Å². The molecule has 6 heteroatoms. The molecule has 0 unspecified atom stereocenters. The van der Waals surface area contributed by atoms with E-state index in [-0.39, 0.29) is 17.7 Å². The van der Waals surface area contributed by atoms with Crippen molar-refractivity contribution >= 4 is 17.5 Å². The van der Waals surface area contributed by atoms with Crippen molar-refractivity contribution < 1.29 is 9.59 Å². The molecule has 1 aliphatic heterocycles. The van der Waals surface area contributed by atoms with E-state index < -0.39 is 0 Å². The number of anilines is 1. The van der Waals surface area contributed by atoms with Gasteiger partial charge in [0.2, 0.25) is 11.8 Å². The number of carbonyl (C=O) groups excluding carboxylic acids is 2. The summed E-state index contributed by atoms with van der Waals surface area (Å²) in [5, 5.41) is 14.3. The summed E-state index contributed by atoms with van der Waals surface area (Å²) in [7, 11) is 1.67. The highest BCUT2D eigenvalue weighted by atomic mass is 16.2. The molecular formula is C17H22N4O2. The number of nitrogens with one attached hydrogen (secondary N) is 2. The van der Waals surface area contributed by atoms with E-state index in [0.29, 0.717) is 24.2 Å². The molecule has 1 heterocycles. The van der Waals surface area contributed by atoms with Crippen LogP contribution in [0.2, 0.25) is 0 Å². The molecule has 0 saturated carbocycles. The van der Waals surface area contributed by atoms with Gasteiger partial charge in [-0.3, -0.25) is 9.59 Å². The molecule has 1 aromatic carbocycles. The van der Waals surface area contributed by atoms with E-state index in [1.807, 2.05) is 6.07 Å². The van der Waals surface area contributed by atoms with Crippen LogP contribution in [-0.2, 0) is 9.59 Å². The van der Waals surface area contributed by atoms with Crippen molar-refractivity contribution in [3.05, 3.63) is 29.8 Å². The second kappa shape index (κ2) is 8.30. The maximum Gasteiger partial charge on any atom is 0.225 e. The van der Waals surface area contributed by atoms with Crippen molar-refractivity contribution in [3.63, 3.8) is 0 Å². The molecule has 1 aromatic rings. The number of rotatable bonds is 5. The van der Waals surface area contributed by atoms with Gasteiger partial charge in [-0.2, -0.15) is 5.26 Å². The van der Waals surface area contributed by atoms with Crippen LogP contribution < -0.4 is 10.6 Å². The van der Waals surface area contributed by atoms with Gasteiger partial charge < -0.3 is 15.5 Å². The SMILES string of the molecule is CNC(=O)C1CCN(CCC(=O)Nc2ccc(C#N)cc2)CC1. The fourth-order valence-electron chi connectivity index (χ4n) is 2.73. The highest BCUT2D eigenvalue weighted by Gasteiger charge is 2.24. The first kappa shape index (κ1) is 17.0. The zero-order valence-corrected chi connectivity index (χ0v) is 13.3. The number of piperidine rings is 1. The standard InChI is InChI=1S/C17H22N4O2/c1-19-17(23)14-6-9-21(10-7-14)11-8-16(22)20-15-4-2-13(12-18)3-5-15/h2-5,14H,6-11H2,1H3,(H,19,23)(H,20,22). The fourth-order valence-corrected chi connectivity index (χ4v) is 2.73. The minimum Gasteiger partial charge on any atom is -0.359 e. The number of hydrogen-bond donors (Lipinski definition) is 2. The van der Waals surface area contributed by atoms with E-state index in [0.717, 1.165) is 25.9 Å². The second-order valence-electron chi connectivity index (χ2n) is 5.72. The van der Waals surface area contributed by atoms with Crippen molar-refractivity contribution in [2.24, 2.45) is 5.92 Å². The summed E-state index contributed by atoms with van der Waals surface area (Å²) < 4.78 is 0. The summed E-state index contributed by atoms with van der Waals surface area (Å²) in [6.07, 6.45) is 2.11. The molecule has 0 aliphatic carbocycles. The first-order valence-electron chi connectivity index (χ1n) is 7.86. The van der Waals surface area contributed by atoms with Crippen molar-refractivity contribution in [2.75, 3.05) is 32.0 Å². The Morgan fingerprint density at radius 2 is 1.91 bits per heavy atom. The number of likely N-dealkylation sites (tertiary alicyclic amines) is 1. The molecule has 0 atom stereocenters. The van der Waals surface area contributed by atoms with E-state index >= 15 is 0 Å². The van der Waals surface area contributed by atoms with Crippen LogP contribution in [0.25, 0.3) is 0 Å². The number of nitrogens with zero attached hydrogens (tertiary/aromatic N) is 2. The number of carbonyl (C=O) groups is 2. The van der Waals surface area contributed by atoms with Crippen LogP contribution in [0.3, 0.4) is 0 Å². The third-order valence-electron chi connectivity index (χ3n) is 4.16. The molecule has 1 aliphatic rings. The van der Waals surface area contributed by atoms with Gasteiger partial charge >= 0.3 is 0 Å². The van der Waals surface area contributed by atoms with Gasteiger partial charge in [0, 0.05) is 31.6 Å². The minimum absolute atomic E-state index is 0.0388. The highest BCUT2D eigenvalue weighted by molar-refractivity contribution is 5.90. The zero-order chi connectivity index (χ0) is 16.7.